The van der Waals surface area contributed by atoms with Crippen molar-refractivity contribution in [2.24, 2.45) is 4.99 Å². The summed E-state index contributed by atoms with van der Waals surface area (Å²) in [6, 6.07) is 4.93. The van der Waals surface area contributed by atoms with Crippen LogP contribution in [-0.2, 0) is 4.74 Å². The molecule has 3 rings (SSSR count). The highest BCUT2D eigenvalue weighted by atomic mass is 79.9. The number of cyclic esters (lactones) is 1. The van der Waals surface area contributed by atoms with Crippen LogP contribution in [-0.4, -0.2) is 61.3 Å². The number of likely N-dealkylation sites (N-methyl/N-ethyl adjacent to an activating group) is 1. The van der Waals surface area contributed by atoms with Gasteiger partial charge >= 0.3 is 6.09 Å². The van der Waals surface area contributed by atoms with Crippen LogP contribution in [0.2, 0.25) is 0 Å². The van der Waals surface area contributed by atoms with Gasteiger partial charge in [-0.1, -0.05) is 22.5 Å². The molecule has 128 valence electrons. The standard InChI is InChI=1S/C16H17BrFN3O3/c1-10(21-12(8-18)9-24-16(21)22)19-15-13-4-3-11(17)7-14(13)23-6-5-20(15)2/h3-4,7,12H,1,5-6,8-9H2,2H3/t12-/m1/s1. The minimum Gasteiger partial charge on any atom is -0.491 e. The molecule has 0 aliphatic carbocycles. The van der Waals surface area contributed by atoms with E-state index in [0.717, 1.165) is 14.9 Å². The van der Waals surface area contributed by atoms with Crippen molar-refractivity contribution >= 4 is 27.9 Å². The number of halogens is 2. The molecule has 1 atom stereocenters. The second-order valence-electron chi connectivity index (χ2n) is 5.52. The summed E-state index contributed by atoms with van der Waals surface area (Å²) in [5, 5.41) is 0. The Morgan fingerprint density at radius 1 is 1.50 bits per heavy atom. The molecule has 0 spiro atoms. The number of hydrogen-bond acceptors (Lipinski definition) is 4. The van der Waals surface area contributed by atoms with Crippen LogP contribution < -0.4 is 4.74 Å². The normalized spacial score (nSPS) is 22.0. The number of carbonyl (C=O) groups excluding carboxylic acids is 1. The first kappa shape index (κ1) is 16.8. The number of rotatable bonds is 3. The SMILES string of the molecule is C=C(N=C1c2ccc(Br)cc2OCCN1C)N1C(=O)OC[C@H]1CF. The van der Waals surface area contributed by atoms with E-state index < -0.39 is 18.8 Å². The average Bonchev–Trinajstić information content (AvgIpc) is 2.86. The number of ether oxygens (including phenoxy) is 2. The van der Waals surface area contributed by atoms with Gasteiger partial charge in [-0.25, -0.2) is 14.2 Å². The van der Waals surface area contributed by atoms with Gasteiger partial charge in [0.25, 0.3) is 0 Å². The third-order valence-electron chi connectivity index (χ3n) is 3.88. The summed E-state index contributed by atoms with van der Waals surface area (Å²) in [7, 11) is 1.88. The number of aliphatic imine (C=N–C) groups is 1. The number of hydrogen-bond donors (Lipinski definition) is 0. The Kier molecular flexibility index (Phi) is 4.75. The highest BCUT2D eigenvalue weighted by Gasteiger charge is 2.35. The molecular weight excluding hydrogens is 381 g/mol. The van der Waals surface area contributed by atoms with Crippen molar-refractivity contribution < 1.29 is 18.7 Å². The summed E-state index contributed by atoms with van der Waals surface area (Å²) in [6.45, 7) is 4.25. The van der Waals surface area contributed by atoms with Crippen molar-refractivity contribution in [2.75, 3.05) is 33.5 Å². The molecule has 0 N–H and O–H groups in total. The zero-order valence-electron chi connectivity index (χ0n) is 13.2. The number of alkyl halides is 1. The van der Waals surface area contributed by atoms with Gasteiger partial charge in [-0.2, -0.15) is 0 Å². The molecule has 1 aromatic rings. The van der Waals surface area contributed by atoms with Crippen molar-refractivity contribution in [1.82, 2.24) is 9.80 Å². The van der Waals surface area contributed by atoms with Crippen LogP contribution in [0.15, 0.2) is 40.1 Å². The van der Waals surface area contributed by atoms with E-state index in [1.54, 1.807) is 0 Å². The van der Waals surface area contributed by atoms with Crippen LogP contribution in [0.3, 0.4) is 0 Å². The Hall–Kier alpha value is -2.09. The molecule has 0 bridgehead atoms. The smallest absolute Gasteiger partial charge is 0.416 e. The van der Waals surface area contributed by atoms with Gasteiger partial charge < -0.3 is 14.4 Å². The number of fused-ring (bicyclic) bond motifs is 1. The molecule has 24 heavy (non-hydrogen) atoms. The molecule has 2 heterocycles. The fourth-order valence-electron chi connectivity index (χ4n) is 2.62. The van der Waals surface area contributed by atoms with Gasteiger partial charge in [0, 0.05) is 11.5 Å². The summed E-state index contributed by atoms with van der Waals surface area (Å²) >= 11 is 3.42. The third kappa shape index (κ3) is 3.10. The van der Waals surface area contributed by atoms with Gasteiger partial charge in [0.05, 0.1) is 12.1 Å². The minimum atomic E-state index is -0.710. The van der Waals surface area contributed by atoms with Crippen LogP contribution in [0.25, 0.3) is 0 Å². The predicted octanol–water partition coefficient (Wildman–Crippen LogP) is 2.78. The summed E-state index contributed by atoms with van der Waals surface area (Å²) in [5.74, 6) is 1.45. The number of nitrogens with zero attached hydrogens (tertiary/aromatic N) is 3. The molecule has 0 unspecified atom stereocenters. The summed E-state index contributed by atoms with van der Waals surface area (Å²) < 4.78 is 24.6. The van der Waals surface area contributed by atoms with Crippen LogP contribution >= 0.6 is 15.9 Å². The fraction of sp³-hybridized carbons (Fsp3) is 0.375. The van der Waals surface area contributed by atoms with Crippen molar-refractivity contribution in [2.45, 2.75) is 6.04 Å². The highest BCUT2D eigenvalue weighted by Crippen LogP contribution is 2.28. The van der Waals surface area contributed by atoms with Crippen LogP contribution in [0, 0.1) is 0 Å². The number of amidine groups is 1. The fourth-order valence-corrected chi connectivity index (χ4v) is 2.96. The molecular formula is C16H17BrFN3O3. The zero-order chi connectivity index (χ0) is 17.3. The summed E-state index contributed by atoms with van der Waals surface area (Å²) in [4.78, 5) is 19.4. The van der Waals surface area contributed by atoms with Crippen molar-refractivity contribution in [3.8, 4) is 5.75 Å². The van der Waals surface area contributed by atoms with E-state index in [1.807, 2.05) is 30.1 Å². The molecule has 2 aliphatic rings. The second kappa shape index (κ2) is 6.80. The Morgan fingerprint density at radius 3 is 3.04 bits per heavy atom. The van der Waals surface area contributed by atoms with Gasteiger partial charge in [-0.15, -0.1) is 0 Å². The topological polar surface area (TPSA) is 54.4 Å². The maximum absolute atomic E-state index is 13.1. The maximum atomic E-state index is 13.1. The number of amides is 1. The summed E-state index contributed by atoms with van der Waals surface area (Å²) in [5.41, 5.74) is 0.781. The summed E-state index contributed by atoms with van der Waals surface area (Å²) in [6.07, 6.45) is -0.629. The highest BCUT2D eigenvalue weighted by molar-refractivity contribution is 9.10. The molecule has 1 fully saturated rings. The van der Waals surface area contributed by atoms with Crippen molar-refractivity contribution in [3.63, 3.8) is 0 Å². The van der Waals surface area contributed by atoms with E-state index in [-0.39, 0.29) is 12.4 Å². The second-order valence-corrected chi connectivity index (χ2v) is 6.43. The minimum absolute atomic E-state index is 0.00168. The average molecular weight is 398 g/mol. The predicted molar refractivity (Wildman–Crippen MR) is 90.9 cm³/mol. The van der Waals surface area contributed by atoms with Gasteiger partial charge in [-0.3, -0.25) is 4.90 Å². The van der Waals surface area contributed by atoms with Gasteiger partial charge in [-0.05, 0) is 18.2 Å². The van der Waals surface area contributed by atoms with Gasteiger partial charge in [0.1, 0.15) is 43.3 Å². The number of carbonyl (C=O) groups is 1. The first-order valence-corrected chi connectivity index (χ1v) is 8.24. The first-order valence-electron chi connectivity index (χ1n) is 7.44. The van der Waals surface area contributed by atoms with Crippen LogP contribution in [0.1, 0.15) is 5.56 Å². The molecule has 1 saturated heterocycles. The molecule has 0 aromatic heterocycles. The van der Waals surface area contributed by atoms with E-state index in [0.29, 0.717) is 24.7 Å². The molecule has 8 heteroatoms. The quantitative estimate of drug-likeness (QED) is 0.786. The van der Waals surface area contributed by atoms with E-state index >= 15 is 0 Å². The van der Waals surface area contributed by atoms with Crippen LogP contribution in [0.5, 0.6) is 5.75 Å². The Bertz CT molecular complexity index is 710. The molecule has 2 aliphatic heterocycles. The van der Waals surface area contributed by atoms with Gasteiger partial charge in [0.15, 0.2) is 0 Å². The molecule has 6 nitrogen and oxygen atoms in total. The molecule has 1 aromatic carbocycles. The monoisotopic (exact) mass is 397 g/mol. The third-order valence-corrected chi connectivity index (χ3v) is 4.38. The maximum Gasteiger partial charge on any atom is 0.416 e. The Morgan fingerprint density at radius 2 is 2.29 bits per heavy atom. The lowest BCUT2D eigenvalue weighted by Gasteiger charge is -2.22. The lowest BCUT2D eigenvalue weighted by Crippen LogP contribution is -2.35. The lowest BCUT2D eigenvalue weighted by atomic mass is 10.1. The Balaban J connectivity index is 1.98. The number of benzene rings is 1. The van der Waals surface area contributed by atoms with E-state index in [2.05, 4.69) is 27.5 Å². The van der Waals surface area contributed by atoms with Crippen molar-refractivity contribution in [3.05, 3.63) is 40.6 Å². The molecule has 0 radical (unpaired) electrons. The molecule has 1 amide bonds. The zero-order valence-corrected chi connectivity index (χ0v) is 14.8. The first-order chi connectivity index (χ1) is 11.5. The van der Waals surface area contributed by atoms with E-state index in [4.69, 9.17) is 9.47 Å². The van der Waals surface area contributed by atoms with Gasteiger partial charge in [0.2, 0.25) is 0 Å². The van der Waals surface area contributed by atoms with E-state index in [9.17, 15) is 9.18 Å². The molecule has 0 saturated carbocycles. The Labute approximate surface area is 147 Å². The van der Waals surface area contributed by atoms with Crippen LogP contribution in [0.4, 0.5) is 9.18 Å². The van der Waals surface area contributed by atoms with E-state index in [1.165, 1.54) is 0 Å². The van der Waals surface area contributed by atoms with Crippen molar-refractivity contribution in [1.29, 1.82) is 0 Å². The lowest BCUT2D eigenvalue weighted by molar-refractivity contribution is 0.164. The largest absolute Gasteiger partial charge is 0.491 e.